The Morgan fingerprint density at radius 2 is 1.94 bits per heavy atom. The van der Waals surface area contributed by atoms with Crippen molar-refractivity contribution in [3.05, 3.63) is 29.8 Å². The van der Waals surface area contributed by atoms with E-state index in [1.807, 2.05) is 0 Å². The van der Waals surface area contributed by atoms with Crippen molar-refractivity contribution < 1.29 is 4.74 Å². The normalized spacial score (nSPS) is 10.4. The number of likely N-dealkylation sites (N-methyl/N-ethyl adjacent to an activating group) is 1. The van der Waals surface area contributed by atoms with Gasteiger partial charge in [0.2, 0.25) is 0 Å². The van der Waals surface area contributed by atoms with Crippen molar-refractivity contribution in [2.75, 3.05) is 38.3 Å². The first-order valence-electron chi connectivity index (χ1n) is 5.84. The van der Waals surface area contributed by atoms with Crippen molar-refractivity contribution in [1.29, 1.82) is 0 Å². The highest BCUT2D eigenvalue weighted by Crippen LogP contribution is 2.15. The van der Waals surface area contributed by atoms with Crippen LogP contribution in [0.25, 0.3) is 0 Å². The Balaban J connectivity index is 2.62. The van der Waals surface area contributed by atoms with E-state index in [4.69, 9.17) is 10.5 Å². The highest BCUT2D eigenvalue weighted by Gasteiger charge is 2.03. The van der Waals surface area contributed by atoms with E-state index in [2.05, 4.69) is 36.1 Å². The molecule has 0 aliphatic rings. The van der Waals surface area contributed by atoms with Gasteiger partial charge in [0.1, 0.15) is 0 Å². The molecule has 0 saturated carbocycles. The van der Waals surface area contributed by atoms with Crippen LogP contribution in [0.5, 0.6) is 0 Å². The predicted octanol–water partition coefficient (Wildman–Crippen LogP) is 1.66. The quantitative estimate of drug-likeness (QED) is 0.762. The van der Waals surface area contributed by atoms with Crippen LogP contribution in [-0.4, -0.2) is 33.4 Å². The lowest BCUT2D eigenvalue weighted by Gasteiger charge is -2.22. The van der Waals surface area contributed by atoms with Crippen LogP contribution in [0.2, 0.25) is 0 Å². The van der Waals surface area contributed by atoms with Gasteiger partial charge in [0, 0.05) is 25.9 Å². The number of hydrogen-bond donors (Lipinski definition) is 1. The summed E-state index contributed by atoms with van der Waals surface area (Å²) >= 11 is 0. The Morgan fingerprint density at radius 1 is 1.25 bits per heavy atom. The Morgan fingerprint density at radius 3 is 2.44 bits per heavy atom. The summed E-state index contributed by atoms with van der Waals surface area (Å²) < 4.78 is 5.10. The first-order chi connectivity index (χ1) is 7.81. The number of benzene rings is 1. The van der Waals surface area contributed by atoms with Crippen molar-refractivity contribution in [2.45, 2.75) is 13.3 Å². The third-order valence-electron chi connectivity index (χ3n) is 2.68. The van der Waals surface area contributed by atoms with Crippen LogP contribution in [0.15, 0.2) is 24.3 Å². The molecule has 0 saturated heterocycles. The van der Waals surface area contributed by atoms with Crippen LogP contribution in [0, 0.1) is 0 Å². The van der Waals surface area contributed by atoms with Crippen molar-refractivity contribution in [3.8, 4) is 0 Å². The number of nitrogens with two attached hydrogens (primary N) is 1. The van der Waals surface area contributed by atoms with Crippen molar-refractivity contribution >= 4 is 5.69 Å². The monoisotopic (exact) mass is 222 g/mol. The molecule has 0 amide bonds. The maximum atomic E-state index is 5.52. The molecule has 0 aliphatic carbocycles. The minimum Gasteiger partial charge on any atom is -0.383 e. The number of hydrogen-bond acceptors (Lipinski definition) is 3. The average Bonchev–Trinajstić information content (AvgIpc) is 2.32. The van der Waals surface area contributed by atoms with Crippen LogP contribution in [0.4, 0.5) is 5.69 Å². The SMILES string of the molecule is CCN(CCOC)c1ccc(CCN)cc1. The Bertz CT molecular complexity index is 284. The second-order valence-electron chi connectivity index (χ2n) is 3.78. The van der Waals surface area contributed by atoms with Crippen molar-refractivity contribution in [1.82, 2.24) is 0 Å². The zero-order valence-electron chi connectivity index (χ0n) is 10.3. The zero-order chi connectivity index (χ0) is 11.8. The summed E-state index contributed by atoms with van der Waals surface area (Å²) in [5.41, 5.74) is 8.07. The lowest BCUT2D eigenvalue weighted by Crippen LogP contribution is -2.26. The lowest BCUT2D eigenvalue weighted by molar-refractivity contribution is 0.205. The predicted molar refractivity (Wildman–Crippen MR) is 69.0 cm³/mol. The molecule has 16 heavy (non-hydrogen) atoms. The number of ether oxygens (including phenoxy) is 1. The number of rotatable bonds is 7. The summed E-state index contributed by atoms with van der Waals surface area (Å²) in [5.74, 6) is 0. The van der Waals surface area contributed by atoms with Crippen LogP contribution >= 0.6 is 0 Å². The van der Waals surface area contributed by atoms with E-state index in [1.165, 1.54) is 11.3 Å². The molecule has 0 unspecified atom stereocenters. The fourth-order valence-electron chi connectivity index (χ4n) is 1.71. The fourth-order valence-corrected chi connectivity index (χ4v) is 1.71. The molecule has 0 aliphatic heterocycles. The summed E-state index contributed by atoms with van der Waals surface area (Å²) in [5, 5.41) is 0. The number of anilines is 1. The molecule has 3 nitrogen and oxygen atoms in total. The van der Waals surface area contributed by atoms with Gasteiger partial charge in [-0.2, -0.15) is 0 Å². The van der Waals surface area contributed by atoms with Gasteiger partial charge in [0.25, 0.3) is 0 Å². The van der Waals surface area contributed by atoms with E-state index < -0.39 is 0 Å². The highest BCUT2D eigenvalue weighted by molar-refractivity contribution is 5.47. The van der Waals surface area contributed by atoms with Gasteiger partial charge in [-0.3, -0.25) is 0 Å². The molecule has 0 radical (unpaired) electrons. The zero-order valence-corrected chi connectivity index (χ0v) is 10.3. The van der Waals surface area contributed by atoms with Crippen molar-refractivity contribution in [3.63, 3.8) is 0 Å². The van der Waals surface area contributed by atoms with Gasteiger partial charge in [0.05, 0.1) is 6.61 Å². The van der Waals surface area contributed by atoms with Crippen LogP contribution in [0.1, 0.15) is 12.5 Å². The van der Waals surface area contributed by atoms with Gasteiger partial charge in [0.15, 0.2) is 0 Å². The molecule has 0 atom stereocenters. The molecule has 0 fully saturated rings. The average molecular weight is 222 g/mol. The lowest BCUT2D eigenvalue weighted by atomic mass is 10.1. The van der Waals surface area contributed by atoms with E-state index in [-0.39, 0.29) is 0 Å². The smallest absolute Gasteiger partial charge is 0.0637 e. The summed E-state index contributed by atoms with van der Waals surface area (Å²) in [6.45, 7) is 5.56. The van der Waals surface area contributed by atoms with E-state index in [0.29, 0.717) is 6.54 Å². The number of nitrogens with zero attached hydrogens (tertiary/aromatic N) is 1. The van der Waals surface area contributed by atoms with E-state index in [1.54, 1.807) is 7.11 Å². The number of methoxy groups -OCH3 is 1. The molecule has 90 valence electrons. The second-order valence-corrected chi connectivity index (χ2v) is 3.78. The molecular weight excluding hydrogens is 200 g/mol. The summed E-state index contributed by atoms with van der Waals surface area (Å²) in [4.78, 5) is 2.30. The van der Waals surface area contributed by atoms with Gasteiger partial charge < -0.3 is 15.4 Å². The fraction of sp³-hybridized carbons (Fsp3) is 0.538. The largest absolute Gasteiger partial charge is 0.383 e. The summed E-state index contributed by atoms with van der Waals surface area (Å²) in [6.07, 6.45) is 0.949. The molecular formula is C13H22N2O. The van der Waals surface area contributed by atoms with Crippen molar-refractivity contribution in [2.24, 2.45) is 5.73 Å². The van der Waals surface area contributed by atoms with Crippen LogP contribution in [-0.2, 0) is 11.2 Å². The second kappa shape index (κ2) is 7.25. The first-order valence-corrected chi connectivity index (χ1v) is 5.84. The molecule has 0 aromatic heterocycles. The molecule has 2 N–H and O–H groups in total. The molecule has 1 rings (SSSR count). The molecule has 0 bridgehead atoms. The molecule has 0 spiro atoms. The van der Waals surface area contributed by atoms with Crippen LogP contribution < -0.4 is 10.6 Å². The van der Waals surface area contributed by atoms with E-state index >= 15 is 0 Å². The third kappa shape index (κ3) is 3.83. The maximum absolute atomic E-state index is 5.52. The van der Waals surface area contributed by atoms with E-state index in [0.717, 1.165) is 26.1 Å². The Hall–Kier alpha value is -1.06. The molecule has 1 aromatic rings. The summed E-state index contributed by atoms with van der Waals surface area (Å²) in [6, 6.07) is 8.61. The molecule has 1 aromatic carbocycles. The molecule has 0 heterocycles. The van der Waals surface area contributed by atoms with Gasteiger partial charge >= 0.3 is 0 Å². The van der Waals surface area contributed by atoms with Crippen LogP contribution in [0.3, 0.4) is 0 Å². The Labute approximate surface area is 98.2 Å². The maximum Gasteiger partial charge on any atom is 0.0637 e. The topological polar surface area (TPSA) is 38.5 Å². The highest BCUT2D eigenvalue weighted by atomic mass is 16.5. The van der Waals surface area contributed by atoms with Gasteiger partial charge in [-0.15, -0.1) is 0 Å². The van der Waals surface area contributed by atoms with Gasteiger partial charge in [-0.05, 0) is 37.6 Å². The van der Waals surface area contributed by atoms with Gasteiger partial charge in [-0.25, -0.2) is 0 Å². The first kappa shape index (κ1) is 13.0. The third-order valence-corrected chi connectivity index (χ3v) is 2.68. The van der Waals surface area contributed by atoms with E-state index in [9.17, 15) is 0 Å². The minimum absolute atomic E-state index is 0.709. The standard InChI is InChI=1S/C13H22N2O/c1-3-15(10-11-16-2)13-6-4-12(5-7-13)8-9-14/h4-7H,3,8-11,14H2,1-2H3. The minimum atomic E-state index is 0.709. The molecule has 3 heteroatoms. The van der Waals surface area contributed by atoms with Gasteiger partial charge in [-0.1, -0.05) is 12.1 Å². The Kier molecular flexibility index (Phi) is 5.90. The summed E-state index contributed by atoms with van der Waals surface area (Å²) in [7, 11) is 1.73.